The zero-order valence-electron chi connectivity index (χ0n) is 16.3. The first kappa shape index (κ1) is 18.7. The van der Waals surface area contributed by atoms with Crippen LogP contribution in [0.1, 0.15) is 24.7 Å². The van der Waals surface area contributed by atoms with E-state index in [4.69, 9.17) is 10.1 Å². The second-order valence-electron chi connectivity index (χ2n) is 7.03. The Balaban J connectivity index is 1.65. The maximum atomic E-state index is 12.5. The molecule has 0 unspecified atom stereocenters. The lowest BCUT2D eigenvalue weighted by molar-refractivity contribution is 0.317. The third-order valence-corrected chi connectivity index (χ3v) is 4.82. The first-order valence-electron chi connectivity index (χ1n) is 9.50. The summed E-state index contributed by atoms with van der Waals surface area (Å²) in [5.41, 5.74) is 2.18. The van der Waals surface area contributed by atoms with Gasteiger partial charge in [0.05, 0.1) is 29.6 Å². The van der Waals surface area contributed by atoms with E-state index >= 15 is 0 Å². The van der Waals surface area contributed by atoms with E-state index in [0.717, 1.165) is 23.4 Å². The number of aromatic nitrogens is 2. The Morgan fingerprint density at radius 1 is 1.24 bits per heavy atom. The van der Waals surface area contributed by atoms with E-state index in [-0.39, 0.29) is 35.1 Å². The van der Waals surface area contributed by atoms with Gasteiger partial charge in [-0.2, -0.15) is 0 Å². The predicted molar refractivity (Wildman–Crippen MR) is 114 cm³/mol. The van der Waals surface area contributed by atoms with Gasteiger partial charge in [0.1, 0.15) is 23.2 Å². The van der Waals surface area contributed by atoms with Crippen molar-refractivity contribution < 1.29 is 9.84 Å². The number of benzene rings is 2. The first-order chi connectivity index (χ1) is 14.0. The monoisotopic (exact) mass is 390 g/mol. The highest BCUT2D eigenvalue weighted by atomic mass is 16.5. The molecule has 148 valence electrons. The van der Waals surface area contributed by atoms with E-state index in [0.29, 0.717) is 17.5 Å². The van der Waals surface area contributed by atoms with E-state index in [1.165, 1.54) is 0 Å². The average molecular weight is 390 g/mol. The van der Waals surface area contributed by atoms with Crippen molar-refractivity contribution in [2.45, 2.75) is 20.3 Å². The molecule has 3 N–H and O–H groups in total. The van der Waals surface area contributed by atoms with Crippen LogP contribution in [0.25, 0.3) is 16.5 Å². The molecular formula is C22H22N4O3. The van der Waals surface area contributed by atoms with E-state index in [9.17, 15) is 9.90 Å². The summed E-state index contributed by atoms with van der Waals surface area (Å²) in [6.45, 7) is 4.73. The second-order valence-corrected chi connectivity index (χ2v) is 7.03. The molecule has 7 heteroatoms. The fourth-order valence-electron chi connectivity index (χ4n) is 3.36. The van der Waals surface area contributed by atoms with Crippen molar-refractivity contribution in [2.24, 2.45) is 0 Å². The zero-order valence-corrected chi connectivity index (χ0v) is 16.3. The summed E-state index contributed by atoms with van der Waals surface area (Å²) < 4.78 is 5.59. The van der Waals surface area contributed by atoms with Gasteiger partial charge in [-0.1, -0.05) is 18.6 Å². The largest absolute Gasteiger partial charge is 0.509 e. The summed E-state index contributed by atoms with van der Waals surface area (Å²) in [6.07, 6.45) is 0.927. The number of amidine groups is 1. The maximum Gasteiger partial charge on any atom is 0.259 e. The molecule has 2 aromatic carbocycles. The van der Waals surface area contributed by atoms with Crippen molar-refractivity contribution in [3.05, 3.63) is 70.0 Å². The van der Waals surface area contributed by atoms with Crippen LogP contribution < -0.4 is 15.2 Å². The summed E-state index contributed by atoms with van der Waals surface area (Å²) in [4.78, 5) is 21.3. The fraction of sp³-hybridized carbons (Fsp3) is 0.227. The van der Waals surface area contributed by atoms with Crippen LogP contribution in [0.4, 0.5) is 5.69 Å². The SMILES string of the molecule is CCCOc1ccc(N2CC(O)=C(c3nc4ccc(C)cc4c(=O)[nH]3)C2=N)cc1. The summed E-state index contributed by atoms with van der Waals surface area (Å²) >= 11 is 0. The van der Waals surface area contributed by atoms with Crippen molar-refractivity contribution in [2.75, 3.05) is 18.1 Å². The molecule has 3 aromatic rings. The summed E-state index contributed by atoms with van der Waals surface area (Å²) in [7, 11) is 0. The highest BCUT2D eigenvalue weighted by molar-refractivity contribution is 6.30. The molecule has 0 atom stereocenters. The smallest absolute Gasteiger partial charge is 0.259 e. The second kappa shape index (κ2) is 7.43. The number of fused-ring (bicyclic) bond motifs is 1. The molecule has 0 fully saturated rings. The van der Waals surface area contributed by atoms with E-state index in [2.05, 4.69) is 9.97 Å². The molecule has 0 radical (unpaired) electrons. The molecule has 2 heterocycles. The summed E-state index contributed by atoms with van der Waals surface area (Å²) in [6, 6.07) is 12.8. The lowest BCUT2D eigenvalue weighted by atomic mass is 10.1. The lowest BCUT2D eigenvalue weighted by Gasteiger charge is -2.19. The zero-order chi connectivity index (χ0) is 20.5. The third kappa shape index (κ3) is 3.47. The number of ether oxygens (including phenoxy) is 1. The molecule has 0 spiro atoms. The van der Waals surface area contributed by atoms with Crippen molar-refractivity contribution >= 4 is 28.0 Å². The molecule has 7 nitrogen and oxygen atoms in total. The van der Waals surface area contributed by atoms with Gasteiger partial charge in [0.15, 0.2) is 0 Å². The minimum absolute atomic E-state index is 0.00378. The maximum absolute atomic E-state index is 12.5. The van der Waals surface area contributed by atoms with Crippen molar-refractivity contribution in [3.8, 4) is 5.75 Å². The highest BCUT2D eigenvalue weighted by Gasteiger charge is 2.31. The summed E-state index contributed by atoms with van der Waals surface area (Å²) in [5.74, 6) is 1.03. The van der Waals surface area contributed by atoms with Crippen molar-refractivity contribution in [3.63, 3.8) is 0 Å². The van der Waals surface area contributed by atoms with Crippen LogP contribution in [0, 0.1) is 12.3 Å². The average Bonchev–Trinajstić information content (AvgIpc) is 3.01. The van der Waals surface area contributed by atoms with Crippen molar-refractivity contribution in [1.29, 1.82) is 5.41 Å². The Bertz CT molecular complexity index is 1180. The summed E-state index contributed by atoms with van der Waals surface area (Å²) in [5, 5.41) is 19.6. The number of hydrogen-bond donors (Lipinski definition) is 3. The molecule has 0 saturated heterocycles. The molecule has 0 aliphatic carbocycles. The van der Waals surface area contributed by atoms with Crippen LogP contribution in [0.5, 0.6) is 5.75 Å². The number of aliphatic hydroxyl groups excluding tert-OH is 1. The van der Waals surface area contributed by atoms with E-state index < -0.39 is 0 Å². The number of nitrogens with zero attached hydrogens (tertiary/aromatic N) is 2. The Labute approximate surface area is 167 Å². The number of nitrogens with one attached hydrogen (secondary N) is 2. The van der Waals surface area contributed by atoms with Gasteiger partial charge in [-0.3, -0.25) is 10.2 Å². The quantitative estimate of drug-likeness (QED) is 0.615. The standard InChI is InChI=1S/C22H22N4O3/c1-3-10-29-15-7-5-14(6-8-15)26-12-18(27)19(20(26)23)21-24-17-9-4-13(2)11-16(17)22(28)25-21/h4-9,11,23,27H,3,10,12H2,1-2H3,(H,24,25,28). The molecule has 0 bridgehead atoms. The lowest BCUT2D eigenvalue weighted by Crippen LogP contribution is -2.26. The van der Waals surface area contributed by atoms with Gasteiger partial charge < -0.3 is 19.7 Å². The normalized spacial score (nSPS) is 14.1. The number of aliphatic hydroxyl groups is 1. The van der Waals surface area contributed by atoms with Crippen LogP contribution in [0.15, 0.2) is 53.0 Å². The van der Waals surface area contributed by atoms with Gasteiger partial charge in [-0.25, -0.2) is 4.98 Å². The Morgan fingerprint density at radius 2 is 2.00 bits per heavy atom. The third-order valence-electron chi connectivity index (χ3n) is 4.82. The van der Waals surface area contributed by atoms with Gasteiger partial charge in [0, 0.05) is 5.69 Å². The molecule has 0 amide bonds. The van der Waals surface area contributed by atoms with E-state index in [1.807, 2.05) is 44.2 Å². The van der Waals surface area contributed by atoms with Crippen LogP contribution in [-0.2, 0) is 0 Å². The number of aromatic amines is 1. The topological polar surface area (TPSA) is 102 Å². The molecule has 1 aliphatic rings. The Kier molecular flexibility index (Phi) is 4.80. The van der Waals surface area contributed by atoms with Gasteiger partial charge in [0.25, 0.3) is 5.56 Å². The number of rotatable bonds is 5. The van der Waals surface area contributed by atoms with Gasteiger partial charge >= 0.3 is 0 Å². The molecule has 4 rings (SSSR count). The minimum atomic E-state index is -0.294. The predicted octanol–water partition coefficient (Wildman–Crippen LogP) is 3.79. The number of anilines is 1. The molecular weight excluding hydrogens is 368 g/mol. The van der Waals surface area contributed by atoms with Crippen LogP contribution >= 0.6 is 0 Å². The molecule has 0 saturated carbocycles. The molecule has 29 heavy (non-hydrogen) atoms. The van der Waals surface area contributed by atoms with Crippen LogP contribution in [0.3, 0.4) is 0 Å². The van der Waals surface area contributed by atoms with Crippen LogP contribution in [0.2, 0.25) is 0 Å². The van der Waals surface area contributed by atoms with Gasteiger partial charge in [-0.15, -0.1) is 0 Å². The number of aryl methyl sites for hydroxylation is 1. The minimum Gasteiger partial charge on any atom is -0.509 e. The van der Waals surface area contributed by atoms with Gasteiger partial charge in [0.2, 0.25) is 0 Å². The van der Waals surface area contributed by atoms with Crippen LogP contribution in [-0.4, -0.2) is 34.1 Å². The Hall–Kier alpha value is -3.61. The molecule has 1 aromatic heterocycles. The Morgan fingerprint density at radius 3 is 2.72 bits per heavy atom. The van der Waals surface area contributed by atoms with E-state index in [1.54, 1.807) is 17.0 Å². The highest BCUT2D eigenvalue weighted by Crippen LogP contribution is 2.30. The van der Waals surface area contributed by atoms with Gasteiger partial charge in [-0.05, 0) is 49.7 Å². The fourth-order valence-corrected chi connectivity index (χ4v) is 3.36. The molecule has 1 aliphatic heterocycles. The first-order valence-corrected chi connectivity index (χ1v) is 9.50. The van der Waals surface area contributed by atoms with Crippen molar-refractivity contribution in [1.82, 2.24) is 9.97 Å². The number of hydrogen-bond acceptors (Lipinski definition) is 5. The number of H-pyrrole nitrogens is 1.